The number of hydrogen-bond acceptors (Lipinski definition) is 4. The van der Waals surface area contributed by atoms with Gasteiger partial charge in [0, 0.05) is 25.7 Å². The molecule has 5 nitrogen and oxygen atoms in total. The maximum Gasteiger partial charge on any atom is 0.322 e. The van der Waals surface area contributed by atoms with E-state index in [0.29, 0.717) is 6.54 Å². The van der Waals surface area contributed by atoms with Crippen LogP contribution in [0.2, 0.25) is 0 Å². The van der Waals surface area contributed by atoms with Gasteiger partial charge >= 0.3 is 5.97 Å². The molecule has 1 saturated heterocycles. The van der Waals surface area contributed by atoms with Gasteiger partial charge < -0.3 is 15.2 Å². The second kappa shape index (κ2) is 6.91. The van der Waals surface area contributed by atoms with Crippen molar-refractivity contribution >= 4 is 5.97 Å². The molecule has 1 fully saturated rings. The van der Waals surface area contributed by atoms with Crippen LogP contribution in [0, 0.1) is 0 Å². The van der Waals surface area contributed by atoms with Crippen molar-refractivity contribution in [2.75, 3.05) is 19.6 Å². The highest BCUT2D eigenvalue weighted by Crippen LogP contribution is 2.25. The zero-order valence-electron chi connectivity index (χ0n) is 12.9. The summed E-state index contributed by atoms with van der Waals surface area (Å²) >= 11 is 0. The highest BCUT2D eigenvalue weighted by atomic mass is 16.5. The molecule has 2 atom stereocenters. The Kier molecular flexibility index (Phi) is 5.20. The fourth-order valence-electron chi connectivity index (χ4n) is 2.70. The molecule has 1 aliphatic rings. The number of nitrogens with zero attached hydrogens (tertiary/aromatic N) is 1. The Hall–Kier alpha value is -1.59. The Morgan fingerprint density at radius 1 is 1.33 bits per heavy atom. The summed E-state index contributed by atoms with van der Waals surface area (Å²) in [6.07, 6.45) is 0.151. The van der Waals surface area contributed by atoms with Crippen molar-refractivity contribution in [2.24, 2.45) is 0 Å². The van der Waals surface area contributed by atoms with Crippen molar-refractivity contribution in [3.8, 4) is 5.75 Å². The van der Waals surface area contributed by atoms with Crippen LogP contribution in [-0.4, -0.2) is 47.8 Å². The molecule has 0 amide bonds. The first kappa shape index (κ1) is 15.8. The third-order valence-electron chi connectivity index (χ3n) is 3.80. The van der Waals surface area contributed by atoms with Crippen LogP contribution in [0.3, 0.4) is 0 Å². The summed E-state index contributed by atoms with van der Waals surface area (Å²) < 4.78 is 5.64. The quantitative estimate of drug-likeness (QED) is 0.868. The second-order valence-electron chi connectivity index (χ2n) is 5.71. The number of piperazine rings is 1. The van der Waals surface area contributed by atoms with E-state index in [0.717, 1.165) is 24.4 Å². The van der Waals surface area contributed by atoms with Crippen LogP contribution in [-0.2, 0) is 4.79 Å². The predicted octanol–water partition coefficient (Wildman–Crippen LogP) is 1.89. The van der Waals surface area contributed by atoms with Crippen LogP contribution in [0.5, 0.6) is 5.75 Å². The molecule has 1 aromatic rings. The molecule has 0 radical (unpaired) electrons. The van der Waals surface area contributed by atoms with Gasteiger partial charge in [0.15, 0.2) is 0 Å². The lowest BCUT2D eigenvalue weighted by Gasteiger charge is -2.38. The van der Waals surface area contributed by atoms with E-state index in [1.165, 1.54) is 0 Å². The smallest absolute Gasteiger partial charge is 0.322 e. The van der Waals surface area contributed by atoms with Crippen LogP contribution >= 0.6 is 0 Å². The van der Waals surface area contributed by atoms with Gasteiger partial charge in [0.25, 0.3) is 0 Å². The van der Waals surface area contributed by atoms with Crippen molar-refractivity contribution in [3.05, 3.63) is 29.8 Å². The Balaban J connectivity index is 2.10. The van der Waals surface area contributed by atoms with Gasteiger partial charge in [-0.1, -0.05) is 12.1 Å². The molecule has 2 rings (SSSR count). The molecule has 1 aliphatic heterocycles. The molecule has 0 aromatic heterocycles. The monoisotopic (exact) mass is 292 g/mol. The van der Waals surface area contributed by atoms with Crippen LogP contribution in [0.1, 0.15) is 32.4 Å². The summed E-state index contributed by atoms with van der Waals surface area (Å²) in [4.78, 5) is 13.4. The van der Waals surface area contributed by atoms with Gasteiger partial charge in [-0.25, -0.2) is 0 Å². The van der Waals surface area contributed by atoms with Gasteiger partial charge in [-0.2, -0.15) is 0 Å². The van der Waals surface area contributed by atoms with Gasteiger partial charge in [-0.15, -0.1) is 0 Å². The van der Waals surface area contributed by atoms with E-state index in [2.05, 4.69) is 12.2 Å². The molecule has 1 aromatic carbocycles. The molecule has 116 valence electrons. The molecular formula is C16H24N2O3. The van der Waals surface area contributed by atoms with Crippen molar-refractivity contribution in [3.63, 3.8) is 0 Å². The zero-order chi connectivity index (χ0) is 15.4. The lowest BCUT2D eigenvalue weighted by Crippen LogP contribution is -2.55. The first-order valence-electron chi connectivity index (χ1n) is 7.45. The van der Waals surface area contributed by atoms with Crippen molar-refractivity contribution in [2.45, 2.75) is 39.0 Å². The minimum absolute atomic E-state index is 0.0706. The summed E-state index contributed by atoms with van der Waals surface area (Å²) in [6.45, 7) is 8.10. The van der Waals surface area contributed by atoms with Gasteiger partial charge in [0.1, 0.15) is 11.8 Å². The largest absolute Gasteiger partial charge is 0.491 e. The van der Waals surface area contributed by atoms with E-state index in [9.17, 15) is 9.90 Å². The molecule has 5 heteroatoms. The van der Waals surface area contributed by atoms with E-state index in [-0.39, 0.29) is 12.1 Å². The minimum Gasteiger partial charge on any atom is -0.491 e. The number of nitrogens with one attached hydrogen (secondary N) is 1. The highest BCUT2D eigenvalue weighted by Gasteiger charge is 2.32. The lowest BCUT2D eigenvalue weighted by atomic mass is 10.0. The third kappa shape index (κ3) is 3.95. The number of aliphatic carboxylic acids is 1. The minimum atomic E-state index is -0.770. The molecule has 2 unspecified atom stereocenters. The second-order valence-corrected chi connectivity index (χ2v) is 5.71. The molecule has 2 N–H and O–H groups in total. The third-order valence-corrected chi connectivity index (χ3v) is 3.80. The molecule has 21 heavy (non-hydrogen) atoms. The fraction of sp³-hybridized carbons (Fsp3) is 0.562. The number of carbonyl (C=O) groups is 1. The number of benzene rings is 1. The van der Waals surface area contributed by atoms with Crippen molar-refractivity contribution in [1.82, 2.24) is 10.2 Å². The van der Waals surface area contributed by atoms with Crippen LogP contribution in [0.4, 0.5) is 0 Å². The molecule has 0 bridgehead atoms. The fourth-order valence-corrected chi connectivity index (χ4v) is 2.70. The first-order valence-corrected chi connectivity index (χ1v) is 7.45. The summed E-state index contributed by atoms with van der Waals surface area (Å²) in [5.41, 5.74) is 1.11. The Labute approximate surface area is 125 Å². The van der Waals surface area contributed by atoms with E-state index >= 15 is 0 Å². The Morgan fingerprint density at radius 3 is 2.57 bits per heavy atom. The molecule has 0 aliphatic carbocycles. The molecule has 1 heterocycles. The summed E-state index contributed by atoms with van der Waals surface area (Å²) in [7, 11) is 0. The van der Waals surface area contributed by atoms with E-state index in [1.807, 2.05) is 43.0 Å². The Morgan fingerprint density at radius 2 is 2.00 bits per heavy atom. The SMILES string of the molecule is CC(C)Oc1ccc(C(C)N2CCNCC2C(=O)O)cc1. The number of hydrogen-bond donors (Lipinski definition) is 2. The number of carboxylic acids is 1. The Bertz CT molecular complexity index is 473. The van der Waals surface area contributed by atoms with Crippen LogP contribution in [0.15, 0.2) is 24.3 Å². The summed E-state index contributed by atoms with van der Waals surface area (Å²) in [5, 5.41) is 12.5. The summed E-state index contributed by atoms with van der Waals surface area (Å²) in [6, 6.07) is 7.53. The van der Waals surface area contributed by atoms with Gasteiger partial charge in [0.05, 0.1) is 6.10 Å². The van der Waals surface area contributed by atoms with Crippen molar-refractivity contribution in [1.29, 1.82) is 0 Å². The van der Waals surface area contributed by atoms with E-state index in [1.54, 1.807) is 0 Å². The van der Waals surface area contributed by atoms with Gasteiger partial charge in [-0.3, -0.25) is 9.69 Å². The zero-order valence-corrected chi connectivity index (χ0v) is 12.9. The standard InChI is InChI=1S/C16H24N2O3/c1-11(2)21-14-6-4-13(5-7-14)12(3)18-9-8-17-10-15(18)16(19)20/h4-7,11-12,15,17H,8-10H2,1-3H3,(H,19,20). The molecule has 0 spiro atoms. The summed E-state index contributed by atoms with van der Waals surface area (Å²) in [5.74, 6) is 0.0739. The molecular weight excluding hydrogens is 268 g/mol. The predicted molar refractivity (Wildman–Crippen MR) is 81.6 cm³/mol. The lowest BCUT2D eigenvalue weighted by molar-refractivity contribution is -0.145. The number of carboxylic acid groups (broad SMARTS) is 1. The van der Waals surface area contributed by atoms with E-state index < -0.39 is 12.0 Å². The van der Waals surface area contributed by atoms with Crippen LogP contribution < -0.4 is 10.1 Å². The topological polar surface area (TPSA) is 61.8 Å². The maximum atomic E-state index is 11.4. The number of ether oxygens (including phenoxy) is 1. The van der Waals surface area contributed by atoms with Crippen LogP contribution in [0.25, 0.3) is 0 Å². The number of rotatable bonds is 5. The maximum absolute atomic E-state index is 11.4. The van der Waals surface area contributed by atoms with E-state index in [4.69, 9.17) is 4.74 Å². The normalized spacial score (nSPS) is 21.2. The van der Waals surface area contributed by atoms with Gasteiger partial charge in [0.2, 0.25) is 0 Å². The highest BCUT2D eigenvalue weighted by molar-refractivity contribution is 5.74. The average molecular weight is 292 g/mol. The average Bonchev–Trinajstić information content (AvgIpc) is 2.46. The van der Waals surface area contributed by atoms with Crippen molar-refractivity contribution < 1.29 is 14.6 Å². The molecule has 0 saturated carbocycles. The van der Waals surface area contributed by atoms with Gasteiger partial charge in [-0.05, 0) is 38.5 Å². The first-order chi connectivity index (χ1) is 9.99.